The number of likely N-dealkylation sites (tertiary alicyclic amines) is 1. The molecule has 122 valence electrons. The summed E-state index contributed by atoms with van der Waals surface area (Å²) >= 11 is 0. The van der Waals surface area contributed by atoms with E-state index in [0.717, 1.165) is 26.1 Å². The molecule has 22 heavy (non-hydrogen) atoms. The average molecular weight is 303 g/mol. The Kier molecular flexibility index (Phi) is 5.98. The van der Waals surface area contributed by atoms with Gasteiger partial charge in [-0.15, -0.1) is 0 Å². The highest BCUT2D eigenvalue weighted by atomic mass is 16.2. The van der Waals surface area contributed by atoms with Crippen molar-refractivity contribution >= 4 is 5.91 Å². The quantitative estimate of drug-likeness (QED) is 0.877. The topological polar surface area (TPSA) is 49.6 Å². The second kappa shape index (κ2) is 7.75. The fourth-order valence-corrected chi connectivity index (χ4v) is 3.17. The Morgan fingerprint density at radius 2 is 2.00 bits per heavy atom. The Morgan fingerprint density at radius 1 is 1.32 bits per heavy atom. The zero-order chi connectivity index (χ0) is 16.1. The van der Waals surface area contributed by atoms with Crippen LogP contribution in [0.25, 0.3) is 0 Å². The van der Waals surface area contributed by atoms with Gasteiger partial charge < -0.3 is 10.6 Å². The van der Waals surface area contributed by atoms with E-state index < -0.39 is 6.04 Å². The lowest BCUT2D eigenvalue weighted by Gasteiger charge is -2.34. The van der Waals surface area contributed by atoms with Crippen LogP contribution < -0.4 is 5.73 Å². The van der Waals surface area contributed by atoms with Gasteiger partial charge in [-0.25, -0.2) is 0 Å². The molecule has 0 radical (unpaired) electrons. The highest BCUT2D eigenvalue weighted by molar-refractivity contribution is 5.81. The van der Waals surface area contributed by atoms with Crippen molar-refractivity contribution in [3.63, 3.8) is 0 Å². The lowest BCUT2D eigenvalue weighted by atomic mass is 10.1. The maximum absolute atomic E-state index is 12.3. The number of carbonyl (C=O) groups excluding carboxylic acids is 1. The number of nitrogens with zero attached hydrogens (tertiary/aromatic N) is 2. The van der Waals surface area contributed by atoms with Gasteiger partial charge in [0.15, 0.2) is 0 Å². The molecular weight excluding hydrogens is 274 g/mol. The van der Waals surface area contributed by atoms with Crippen LogP contribution in [0.5, 0.6) is 0 Å². The number of rotatable bonds is 6. The lowest BCUT2D eigenvalue weighted by molar-refractivity contribution is -0.134. The Balaban J connectivity index is 2.01. The summed E-state index contributed by atoms with van der Waals surface area (Å²) in [7, 11) is 0. The van der Waals surface area contributed by atoms with Crippen LogP contribution in [0, 0.1) is 0 Å². The molecule has 1 aliphatic heterocycles. The molecule has 0 spiro atoms. The number of hydrogen-bond donors (Lipinski definition) is 1. The van der Waals surface area contributed by atoms with Crippen LogP contribution >= 0.6 is 0 Å². The average Bonchev–Trinajstić information content (AvgIpc) is 2.91. The predicted octanol–water partition coefficient (Wildman–Crippen LogP) is 2.24. The molecule has 0 aromatic heterocycles. The molecule has 1 amide bonds. The van der Waals surface area contributed by atoms with Gasteiger partial charge in [-0.2, -0.15) is 0 Å². The molecule has 1 aromatic carbocycles. The van der Waals surface area contributed by atoms with E-state index in [1.165, 1.54) is 12.0 Å². The number of benzene rings is 1. The van der Waals surface area contributed by atoms with Crippen LogP contribution in [-0.4, -0.2) is 46.9 Å². The van der Waals surface area contributed by atoms with Crippen molar-refractivity contribution in [2.24, 2.45) is 5.73 Å². The van der Waals surface area contributed by atoms with Crippen LogP contribution in [0.4, 0.5) is 0 Å². The van der Waals surface area contributed by atoms with Crippen molar-refractivity contribution in [1.29, 1.82) is 0 Å². The van der Waals surface area contributed by atoms with Crippen LogP contribution in [0.1, 0.15) is 39.2 Å². The van der Waals surface area contributed by atoms with Gasteiger partial charge in [-0.1, -0.05) is 30.3 Å². The van der Waals surface area contributed by atoms with Gasteiger partial charge in [-0.05, 0) is 45.7 Å². The highest BCUT2D eigenvalue weighted by Gasteiger charge is 2.30. The lowest BCUT2D eigenvalue weighted by Crippen LogP contribution is -2.50. The molecule has 0 unspecified atom stereocenters. The summed E-state index contributed by atoms with van der Waals surface area (Å²) in [4.78, 5) is 16.8. The van der Waals surface area contributed by atoms with E-state index in [-0.39, 0.29) is 11.9 Å². The van der Waals surface area contributed by atoms with E-state index in [9.17, 15) is 4.79 Å². The standard InChI is InChI=1S/C18H29N3O/c1-14(2)21(18(22)15(3)19)13-17-10-7-11-20(17)12-16-8-5-4-6-9-16/h4-6,8-9,14-15,17H,7,10-13,19H2,1-3H3/t15-,17-/m0/s1. The molecule has 1 saturated heterocycles. The fraction of sp³-hybridized carbons (Fsp3) is 0.611. The largest absolute Gasteiger partial charge is 0.337 e. The highest BCUT2D eigenvalue weighted by Crippen LogP contribution is 2.22. The minimum atomic E-state index is -0.425. The summed E-state index contributed by atoms with van der Waals surface area (Å²) in [5, 5.41) is 0. The molecule has 2 rings (SSSR count). The molecule has 1 aliphatic rings. The fourth-order valence-electron chi connectivity index (χ4n) is 3.17. The first-order valence-corrected chi connectivity index (χ1v) is 8.33. The van der Waals surface area contributed by atoms with Gasteiger partial charge in [-0.3, -0.25) is 9.69 Å². The molecule has 0 saturated carbocycles. The van der Waals surface area contributed by atoms with Gasteiger partial charge in [0.1, 0.15) is 0 Å². The van der Waals surface area contributed by atoms with E-state index in [0.29, 0.717) is 6.04 Å². The van der Waals surface area contributed by atoms with E-state index in [2.05, 4.69) is 43.0 Å². The first-order chi connectivity index (χ1) is 10.5. The normalized spacial score (nSPS) is 20.3. The number of hydrogen-bond acceptors (Lipinski definition) is 3. The van der Waals surface area contributed by atoms with Crippen molar-refractivity contribution in [3.05, 3.63) is 35.9 Å². The zero-order valence-corrected chi connectivity index (χ0v) is 14.0. The first-order valence-electron chi connectivity index (χ1n) is 8.33. The Morgan fingerprint density at radius 3 is 2.59 bits per heavy atom. The first kappa shape index (κ1) is 17.0. The molecular formula is C18H29N3O. The number of carbonyl (C=O) groups is 1. The van der Waals surface area contributed by atoms with Gasteiger partial charge in [0.05, 0.1) is 6.04 Å². The van der Waals surface area contributed by atoms with Gasteiger partial charge >= 0.3 is 0 Å². The maximum atomic E-state index is 12.3. The molecule has 0 aliphatic carbocycles. The van der Waals surface area contributed by atoms with Crippen molar-refractivity contribution in [2.45, 2.75) is 58.3 Å². The van der Waals surface area contributed by atoms with Gasteiger partial charge in [0, 0.05) is 25.2 Å². The minimum absolute atomic E-state index is 0.0570. The summed E-state index contributed by atoms with van der Waals surface area (Å²) in [6.07, 6.45) is 2.36. The monoisotopic (exact) mass is 303 g/mol. The van der Waals surface area contributed by atoms with E-state index in [4.69, 9.17) is 5.73 Å². The second-order valence-corrected chi connectivity index (χ2v) is 6.63. The SMILES string of the molecule is CC(C)N(C[C@@H]1CCCN1Cc1ccccc1)C(=O)[C@H](C)N. The van der Waals surface area contributed by atoms with Gasteiger partial charge in [0.2, 0.25) is 5.91 Å². The summed E-state index contributed by atoms with van der Waals surface area (Å²) in [5.74, 6) is 0.0570. The van der Waals surface area contributed by atoms with Crippen LogP contribution in [-0.2, 0) is 11.3 Å². The predicted molar refractivity (Wildman–Crippen MR) is 90.4 cm³/mol. The summed E-state index contributed by atoms with van der Waals surface area (Å²) in [5.41, 5.74) is 7.14. The molecule has 1 aromatic rings. The van der Waals surface area contributed by atoms with Crippen molar-refractivity contribution < 1.29 is 4.79 Å². The maximum Gasteiger partial charge on any atom is 0.239 e. The third-order valence-corrected chi connectivity index (χ3v) is 4.43. The Labute approximate surface area is 134 Å². The van der Waals surface area contributed by atoms with Crippen LogP contribution in [0.15, 0.2) is 30.3 Å². The number of amides is 1. The molecule has 0 bridgehead atoms. The second-order valence-electron chi connectivity index (χ2n) is 6.63. The molecule has 2 N–H and O–H groups in total. The Bertz CT molecular complexity index is 472. The van der Waals surface area contributed by atoms with E-state index >= 15 is 0 Å². The Hall–Kier alpha value is -1.39. The van der Waals surface area contributed by atoms with E-state index in [1.54, 1.807) is 6.92 Å². The molecule has 4 heteroatoms. The summed E-state index contributed by atoms with van der Waals surface area (Å²) in [6.45, 7) is 8.76. The molecule has 2 atom stereocenters. The van der Waals surface area contributed by atoms with E-state index in [1.807, 2.05) is 11.0 Å². The molecule has 1 heterocycles. The molecule has 1 fully saturated rings. The van der Waals surface area contributed by atoms with Gasteiger partial charge in [0.25, 0.3) is 0 Å². The number of nitrogens with two attached hydrogens (primary N) is 1. The van der Waals surface area contributed by atoms with Crippen LogP contribution in [0.3, 0.4) is 0 Å². The third-order valence-electron chi connectivity index (χ3n) is 4.43. The van der Waals surface area contributed by atoms with Crippen LogP contribution in [0.2, 0.25) is 0 Å². The van der Waals surface area contributed by atoms with Crippen molar-refractivity contribution in [3.8, 4) is 0 Å². The summed E-state index contributed by atoms with van der Waals surface area (Å²) in [6, 6.07) is 10.8. The third kappa shape index (κ3) is 4.31. The zero-order valence-electron chi connectivity index (χ0n) is 14.0. The van der Waals surface area contributed by atoms with Crippen molar-refractivity contribution in [1.82, 2.24) is 9.80 Å². The minimum Gasteiger partial charge on any atom is -0.337 e. The molecule has 4 nitrogen and oxygen atoms in total. The van der Waals surface area contributed by atoms with Crippen molar-refractivity contribution in [2.75, 3.05) is 13.1 Å². The summed E-state index contributed by atoms with van der Waals surface area (Å²) < 4.78 is 0. The smallest absolute Gasteiger partial charge is 0.239 e.